The van der Waals surface area contributed by atoms with Gasteiger partial charge in [-0.2, -0.15) is 0 Å². The summed E-state index contributed by atoms with van der Waals surface area (Å²) < 4.78 is 0. The van der Waals surface area contributed by atoms with Crippen LogP contribution in [0.15, 0.2) is 59.9 Å². The van der Waals surface area contributed by atoms with Crippen LogP contribution in [0.4, 0.5) is 0 Å². The van der Waals surface area contributed by atoms with Gasteiger partial charge in [-0.25, -0.2) is 0 Å². The summed E-state index contributed by atoms with van der Waals surface area (Å²) >= 11 is 0. The molecule has 0 unspecified atom stereocenters. The summed E-state index contributed by atoms with van der Waals surface area (Å²) in [7, 11) is 0. The molecule has 12 heteroatoms. The first-order valence-electron chi connectivity index (χ1n) is 22.3. The zero-order valence-electron chi connectivity index (χ0n) is 34.3. The molecular weight excluding hydrogens is 741 g/mol. The Morgan fingerprint density at radius 1 is 0.390 bits per heavy atom. The zero-order valence-corrected chi connectivity index (χ0v) is 34.3. The van der Waals surface area contributed by atoms with Gasteiger partial charge in [0, 0.05) is 96.7 Å². The number of hydrogen-bond acceptors (Lipinski definition) is 8. The van der Waals surface area contributed by atoms with Gasteiger partial charge in [0.1, 0.15) is 11.4 Å². The van der Waals surface area contributed by atoms with Crippen molar-refractivity contribution in [3.8, 4) is 0 Å². The second-order valence-corrected chi connectivity index (χ2v) is 17.1. The fraction of sp³-hybridized carbons (Fsp3) is 0.489. The number of rotatable bonds is 0. The number of benzene rings is 2. The van der Waals surface area contributed by atoms with Gasteiger partial charge in [-0.05, 0) is 57.3 Å². The molecule has 310 valence electrons. The fourth-order valence-electron chi connectivity index (χ4n) is 10.2. The third-order valence-electron chi connectivity index (χ3n) is 13.3. The molecule has 2 fully saturated rings. The first-order valence-corrected chi connectivity index (χ1v) is 22.3. The van der Waals surface area contributed by atoms with Crippen molar-refractivity contribution >= 4 is 56.6 Å². The maximum absolute atomic E-state index is 13.6. The van der Waals surface area contributed by atoms with Crippen LogP contribution in [0.3, 0.4) is 0 Å². The quantitative estimate of drug-likeness (QED) is 0.166. The summed E-state index contributed by atoms with van der Waals surface area (Å²) in [4.78, 5) is 70.6. The number of amides is 4. The maximum Gasteiger partial charge on any atom is 0.275 e. The van der Waals surface area contributed by atoms with Crippen molar-refractivity contribution in [2.45, 2.75) is 83.5 Å². The van der Waals surface area contributed by atoms with Crippen LogP contribution in [-0.2, 0) is 32.0 Å². The van der Waals surface area contributed by atoms with Crippen LogP contribution < -0.4 is 10.6 Å². The summed E-state index contributed by atoms with van der Waals surface area (Å²) in [6.45, 7) is 7.94. The first kappa shape index (κ1) is 39.3. The topological polar surface area (TPSA) is 137 Å². The zero-order chi connectivity index (χ0) is 40.3. The standard InChI is InChI=1S/C47H58N8O4/c56-44-40-38-32-16-11-13-18-34(32)48-36(38)20-9-7-5-3-1-2-4-6-8-10-21-37-39(33-17-12-14-19-35(33)49-37)41-43(47(59)51-45(41)57)55-30-26-53(27-31-55)23-15-22-52-24-28-54(29-25-52)42(40)46(58)50-44/h11-14,16-19,48-49H,1-10,15,20-31H2,(H,50,56,58)(H,51,57,59). The van der Waals surface area contributed by atoms with Gasteiger partial charge in [0.15, 0.2) is 0 Å². The van der Waals surface area contributed by atoms with Gasteiger partial charge in [-0.3, -0.25) is 39.6 Å². The van der Waals surface area contributed by atoms with Crippen molar-refractivity contribution in [3.63, 3.8) is 0 Å². The van der Waals surface area contributed by atoms with Crippen molar-refractivity contribution in [1.82, 2.24) is 40.2 Å². The molecule has 0 saturated carbocycles. The summed E-state index contributed by atoms with van der Waals surface area (Å²) in [5.41, 5.74) is 7.97. The minimum Gasteiger partial charge on any atom is -0.364 e. The molecule has 11 rings (SSSR count). The van der Waals surface area contributed by atoms with E-state index in [2.05, 4.69) is 64.5 Å². The third-order valence-corrected chi connectivity index (χ3v) is 13.3. The molecule has 0 spiro atoms. The van der Waals surface area contributed by atoms with Crippen LogP contribution in [0.2, 0.25) is 0 Å². The lowest BCUT2D eigenvalue weighted by Gasteiger charge is -2.38. The average Bonchev–Trinajstić information content (AvgIpc) is 3.96. The highest BCUT2D eigenvalue weighted by molar-refractivity contribution is 6.38. The summed E-state index contributed by atoms with van der Waals surface area (Å²) in [6.07, 6.45) is 14.2. The minimum atomic E-state index is -0.296. The van der Waals surface area contributed by atoms with E-state index in [1.54, 1.807) is 0 Å². The van der Waals surface area contributed by atoms with E-state index in [4.69, 9.17) is 0 Å². The highest BCUT2D eigenvalue weighted by atomic mass is 16.2. The number of fused-ring (bicyclic) bond motifs is 4. The molecule has 59 heavy (non-hydrogen) atoms. The molecule has 2 aromatic carbocycles. The van der Waals surface area contributed by atoms with Gasteiger partial charge in [0.25, 0.3) is 23.6 Å². The van der Waals surface area contributed by atoms with Crippen LogP contribution in [0.1, 0.15) is 93.1 Å². The Bertz CT molecular complexity index is 2140. The molecule has 12 nitrogen and oxygen atoms in total. The Morgan fingerprint density at radius 3 is 1.17 bits per heavy atom. The van der Waals surface area contributed by atoms with Gasteiger partial charge in [-0.1, -0.05) is 87.8 Å². The second kappa shape index (κ2) is 17.6. The lowest BCUT2D eigenvalue weighted by Crippen LogP contribution is -2.49. The Morgan fingerprint density at radius 2 is 0.763 bits per heavy atom. The number of carbonyl (C=O) groups excluding carboxylic acids is 4. The van der Waals surface area contributed by atoms with Crippen LogP contribution >= 0.6 is 0 Å². The summed E-state index contributed by atoms with van der Waals surface area (Å²) in [5, 5.41) is 7.31. The molecule has 0 aliphatic carbocycles. The van der Waals surface area contributed by atoms with E-state index in [0.29, 0.717) is 48.7 Å². The smallest absolute Gasteiger partial charge is 0.275 e. The van der Waals surface area contributed by atoms with Gasteiger partial charge < -0.3 is 19.8 Å². The lowest BCUT2D eigenvalue weighted by atomic mass is 9.97. The molecule has 4 bridgehead atoms. The molecule has 2 aromatic heterocycles. The van der Waals surface area contributed by atoms with E-state index in [-0.39, 0.29) is 23.6 Å². The molecule has 7 aliphatic heterocycles. The minimum absolute atomic E-state index is 0.292. The summed E-state index contributed by atoms with van der Waals surface area (Å²) in [5.74, 6) is -1.18. The summed E-state index contributed by atoms with van der Waals surface area (Å²) in [6, 6.07) is 16.3. The van der Waals surface area contributed by atoms with Crippen molar-refractivity contribution in [1.29, 1.82) is 0 Å². The number of nitrogens with zero attached hydrogens (tertiary/aromatic N) is 4. The van der Waals surface area contributed by atoms with Crippen LogP contribution in [-0.4, -0.2) is 119 Å². The molecule has 4 aromatic rings. The van der Waals surface area contributed by atoms with Crippen molar-refractivity contribution < 1.29 is 19.2 Å². The Kier molecular flexibility index (Phi) is 11.7. The molecular formula is C47H58N8O4. The van der Waals surface area contributed by atoms with Crippen LogP contribution in [0, 0.1) is 0 Å². The Labute approximate surface area is 346 Å². The highest BCUT2D eigenvalue weighted by Crippen LogP contribution is 2.37. The number of aromatic amines is 2. The van der Waals surface area contributed by atoms with Crippen molar-refractivity contribution in [3.05, 3.63) is 82.4 Å². The maximum atomic E-state index is 13.6. The van der Waals surface area contributed by atoms with Gasteiger partial charge in [0.05, 0.1) is 11.1 Å². The van der Waals surface area contributed by atoms with E-state index in [1.807, 2.05) is 24.3 Å². The lowest BCUT2D eigenvalue weighted by molar-refractivity contribution is -0.126. The fourth-order valence-corrected chi connectivity index (χ4v) is 10.2. The van der Waals surface area contributed by atoms with E-state index in [0.717, 1.165) is 129 Å². The average molecular weight is 799 g/mol. The monoisotopic (exact) mass is 798 g/mol. The third kappa shape index (κ3) is 8.09. The number of para-hydroxylation sites is 2. The number of hydrogen-bond donors (Lipinski definition) is 4. The van der Waals surface area contributed by atoms with Crippen molar-refractivity contribution in [2.24, 2.45) is 0 Å². The first-order chi connectivity index (χ1) is 28.9. The van der Waals surface area contributed by atoms with Gasteiger partial charge in [0.2, 0.25) is 0 Å². The molecule has 4 amide bonds. The van der Waals surface area contributed by atoms with E-state index >= 15 is 0 Å². The number of H-pyrrole nitrogens is 2. The number of carbonyl (C=O) groups is 4. The molecule has 0 radical (unpaired) electrons. The van der Waals surface area contributed by atoms with Crippen LogP contribution in [0.25, 0.3) is 33.0 Å². The van der Waals surface area contributed by atoms with E-state index in [1.165, 1.54) is 38.5 Å². The Hall–Kier alpha value is -5.20. The van der Waals surface area contributed by atoms with Crippen LogP contribution in [0.5, 0.6) is 0 Å². The number of imide groups is 2. The van der Waals surface area contributed by atoms with Gasteiger partial charge in [-0.15, -0.1) is 0 Å². The van der Waals surface area contributed by atoms with Gasteiger partial charge >= 0.3 is 0 Å². The number of aromatic nitrogens is 2. The number of nitrogens with one attached hydrogen (secondary N) is 4. The second-order valence-electron chi connectivity index (χ2n) is 17.1. The normalized spacial score (nSPS) is 23.6. The largest absolute Gasteiger partial charge is 0.364 e. The van der Waals surface area contributed by atoms with Crippen molar-refractivity contribution in [2.75, 3.05) is 65.4 Å². The predicted octanol–water partition coefficient (Wildman–Crippen LogP) is 5.71. The SMILES string of the molecule is O=C1NC(=O)C2=C1c1c([nH]c3ccccc13)CCCCCCCCCCCCc1[nH]c3ccccc3c1C1=C(C(=O)NC1=O)N1CCN(CCCN3CCN2CC3)CC1. The Balaban J connectivity index is 0.925. The molecule has 0 atom stereocenters. The molecule has 7 aliphatic rings. The number of piperazine rings is 2. The highest BCUT2D eigenvalue weighted by Gasteiger charge is 2.40. The predicted molar refractivity (Wildman–Crippen MR) is 231 cm³/mol. The molecule has 2 saturated heterocycles. The van der Waals surface area contributed by atoms with E-state index in [9.17, 15) is 19.2 Å². The number of aryl methyl sites for hydroxylation is 2. The molecule has 9 heterocycles. The molecule has 4 N–H and O–H groups in total. The van der Waals surface area contributed by atoms with E-state index < -0.39 is 0 Å².